The molecule has 0 bridgehead atoms. The van der Waals surface area contributed by atoms with Crippen LogP contribution in [0.15, 0.2) is 48.7 Å². The van der Waals surface area contributed by atoms with Gasteiger partial charge in [0, 0.05) is 63.5 Å². The molecule has 4 aromatic rings. The standard InChI is InChI=1S/C35H45F2N9O2/c1-4-44-10-12-45(13-11-44)21-26-19-39-31(17-29(26)38-18-24-8-6-5-7-9-24)42-35-40-20-28(37)33(43-35)25-15-27(36)34-30(16-25)46(23(3)41-34)22(2)14-32(47)48/h5-9,15-16,20,22,26,29,31,38-39H,4,10-14,17-19,21H2,1-3H3,(H,47,48)(H,40,42,43)/t22-,26-,29-,31-/m1/s1. The normalized spacial score (nSPS) is 21.4. The first-order valence-electron chi connectivity index (χ1n) is 16.8. The van der Waals surface area contributed by atoms with Crippen LogP contribution in [-0.2, 0) is 11.3 Å². The minimum Gasteiger partial charge on any atom is -0.481 e. The van der Waals surface area contributed by atoms with E-state index >= 15 is 8.78 Å². The van der Waals surface area contributed by atoms with Crippen LogP contribution in [-0.4, -0.2) is 98.4 Å². The molecule has 4 N–H and O–H groups in total. The fourth-order valence-corrected chi connectivity index (χ4v) is 7.08. The quantitative estimate of drug-likeness (QED) is 0.175. The molecule has 48 heavy (non-hydrogen) atoms. The van der Waals surface area contributed by atoms with Crippen molar-refractivity contribution in [3.63, 3.8) is 0 Å². The van der Waals surface area contributed by atoms with E-state index < -0.39 is 23.6 Å². The van der Waals surface area contributed by atoms with E-state index in [0.717, 1.165) is 65.0 Å². The summed E-state index contributed by atoms with van der Waals surface area (Å²) < 4.78 is 32.2. The molecule has 2 aromatic heterocycles. The molecule has 0 radical (unpaired) electrons. The molecule has 4 heterocycles. The van der Waals surface area contributed by atoms with Gasteiger partial charge in [-0.3, -0.25) is 10.1 Å². The Morgan fingerprint density at radius 2 is 1.83 bits per heavy atom. The predicted octanol–water partition coefficient (Wildman–Crippen LogP) is 4.26. The van der Waals surface area contributed by atoms with Gasteiger partial charge in [-0.05, 0) is 50.4 Å². The zero-order valence-electron chi connectivity index (χ0n) is 27.8. The van der Waals surface area contributed by atoms with Crippen molar-refractivity contribution in [2.24, 2.45) is 5.92 Å². The third kappa shape index (κ3) is 7.81. The largest absolute Gasteiger partial charge is 0.481 e. The number of anilines is 1. The smallest absolute Gasteiger partial charge is 0.305 e. The number of benzene rings is 2. The summed E-state index contributed by atoms with van der Waals surface area (Å²) in [6.07, 6.45) is 1.50. The van der Waals surface area contributed by atoms with Gasteiger partial charge in [-0.2, -0.15) is 0 Å². The lowest BCUT2D eigenvalue weighted by atomic mass is 9.90. The fraction of sp³-hybridized carbons (Fsp3) is 0.486. The van der Waals surface area contributed by atoms with E-state index in [2.05, 4.69) is 59.8 Å². The van der Waals surface area contributed by atoms with Crippen molar-refractivity contribution in [2.75, 3.05) is 51.1 Å². The Kier molecular flexibility index (Phi) is 10.6. The third-order valence-electron chi connectivity index (χ3n) is 9.66. The van der Waals surface area contributed by atoms with Crippen molar-refractivity contribution < 1.29 is 18.7 Å². The first kappa shape index (κ1) is 33.8. The van der Waals surface area contributed by atoms with E-state index in [1.54, 1.807) is 24.5 Å². The molecule has 0 spiro atoms. The van der Waals surface area contributed by atoms with Crippen LogP contribution in [0, 0.1) is 24.5 Å². The molecule has 13 heteroatoms. The molecule has 0 saturated carbocycles. The molecule has 2 saturated heterocycles. The lowest BCUT2D eigenvalue weighted by Gasteiger charge is -2.42. The minimum atomic E-state index is -0.979. The molecule has 0 unspecified atom stereocenters. The highest BCUT2D eigenvalue weighted by Gasteiger charge is 2.32. The lowest BCUT2D eigenvalue weighted by molar-refractivity contribution is -0.137. The first-order valence-corrected chi connectivity index (χ1v) is 16.8. The highest BCUT2D eigenvalue weighted by Crippen LogP contribution is 2.31. The van der Waals surface area contributed by atoms with Gasteiger partial charge in [-0.25, -0.2) is 23.7 Å². The summed E-state index contributed by atoms with van der Waals surface area (Å²) in [6.45, 7) is 13.6. The van der Waals surface area contributed by atoms with Crippen LogP contribution in [0.25, 0.3) is 22.3 Å². The van der Waals surface area contributed by atoms with Gasteiger partial charge in [-0.15, -0.1) is 0 Å². The molecule has 11 nitrogen and oxygen atoms in total. The Morgan fingerprint density at radius 3 is 2.56 bits per heavy atom. The Bertz CT molecular complexity index is 1710. The second-order valence-corrected chi connectivity index (χ2v) is 13.0. The number of piperidine rings is 1. The number of aromatic nitrogens is 4. The van der Waals surface area contributed by atoms with Crippen molar-refractivity contribution in [2.45, 2.75) is 58.4 Å². The lowest BCUT2D eigenvalue weighted by Crippen LogP contribution is -2.58. The molecule has 0 aliphatic carbocycles. The topological polar surface area (TPSA) is 123 Å². The molecular formula is C35H45F2N9O2. The van der Waals surface area contributed by atoms with Crippen LogP contribution in [0.1, 0.15) is 44.1 Å². The van der Waals surface area contributed by atoms with Gasteiger partial charge in [-0.1, -0.05) is 37.3 Å². The SMILES string of the molecule is CCN1CCN(C[C@H]2CN[C@H](Nc3ncc(F)c(-c4cc(F)c5nc(C)n([C@H](C)CC(=O)O)c5c4)n3)C[C@H]2NCc2ccccc2)CC1. The van der Waals surface area contributed by atoms with Crippen LogP contribution in [0.4, 0.5) is 14.7 Å². The van der Waals surface area contributed by atoms with Gasteiger partial charge in [0.1, 0.15) is 17.0 Å². The number of carboxylic acid groups (broad SMARTS) is 1. The Hall–Kier alpha value is -4.04. The highest BCUT2D eigenvalue weighted by molar-refractivity contribution is 5.83. The van der Waals surface area contributed by atoms with Gasteiger partial charge in [0.25, 0.3) is 0 Å². The number of likely N-dealkylation sites (N-methyl/N-ethyl adjacent to an activating group) is 1. The summed E-state index contributed by atoms with van der Waals surface area (Å²) in [6, 6.07) is 12.9. The molecular weight excluding hydrogens is 616 g/mol. The first-order chi connectivity index (χ1) is 23.2. The maximum Gasteiger partial charge on any atom is 0.305 e. The molecule has 4 atom stereocenters. The van der Waals surface area contributed by atoms with E-state index in [1.807, 2.05) is 18.2 Å². The summed E-state index contributed by atoms with van der Waals surface area (Å²) in [5, 5.41) is 20.1. The number of nitrogens with zero attached hydrogens (tertiary/aromatic N) is 6. The number of rotatable bonds is 12. The Morgan fingerprint density at radius 1 is 1.08 bits per heavy atom. The van der Waals surface area contributed by atoms with Gasteiger partial charge in [0.2, 0.25) is 5.95 Å². The van der Waals surface area contributed by atoms with Crippen LogP contribution < -0.4 is 16.0 Å². The maximum absolute atomic E-state index is 15.3. The molecule has 2 aromatic carbocycles. The van der Waals surface area contributed by atoms with E-state index in [-0.39, 0.29) is 41.4 Å². The summed E-state index contributed by atoms with van der Waals surface area (Å²) in [4.78, 5) is 29.5. The number of hydrogen-bond donors (Lipinski definition) is 4. The van der Waals surface area contributed by atoms with E-state index in [4.69, 9.17) is 0 Å². The molecule has 0 amide bonds. The average molecular weight is 662 g/mol. The van der Waals surface area contributed by atoms with Crippen LogP contribution in [0.3, 0.4) is 0 Å². The van der Waals surface area contributed by atoms with E-state index in [0.29, 0.717) is 17.3 Å². The van der Waals surface area contributed by atoms with Crippen molar-refractivity contribution in [1.29, 1.82) is 0 Å². The van der Waals surface area contributed by atoms with Gasteiger partial charge in [0.05, 0.1) is 24.3 Å². The molecule has 256 valence electrons. The van der Waals surface area contributed by atoms with Crippen molar-refractivity contribution in [3.05, 3.63) is 71.7 Å². The zero-order valence-corrected chi connectivity index (χ0v) is 27.8. The Labute approximate surface area is 279 Å². The summed E-state index contributed by atoms with van der Waals surface area (Å²) in [5.74, 6) is -1.22. The van der Waals surface area contributed by atoms with Crippen LogP contribution in [0.5, 0.6) is 0 Å². The van der Waals surface area contributed by atoms with Crippen molar-refractivity contribution in [3.8, 4) is 11.3 Å². The zero-order chi connectivity index (χ0) is 33.8. The number of imidazole rings is 1. The number of hydrogen-bond acceptors (Lipinski definition) is 9. The number of carboxylic acids is 1. The van der Waals surface area contributed by atoms with Gasteiger partial charge < -0.3 is 30.1 Å². The van der Waals surface area contributed by atoms with Crippen LogP contribution >= 0.6 is 0 Å². The van der Waals surface area contributed by atoms with E-state index in [1.165, 1.54) is 11.6 Å². The van der Waals surface area contributed by atoms with E-state index in [9.17, 15) is 9.90 Å². The average Bonchev–Trinajstić information content (AvgIpc) is 3.42. The number of nitrogens with one attached hydrogen (secondary N) is 3. The summed E-state index contributed by atoms with van der Waals surface area (Å²) in [5.41, 5.74) is 1.87. The number of piperazine rings is 1. The second kappa shape index (κ2) is 15.0. The molecule has 2 aliphatic heterocycles. The molecule has 6 rings (SSSR count). The molecule has 2 fully saturated rings. The van der Waals surface area contributed by atoms with Crippen molar-refractivity contribution >= 4 is 23.0 Å². The highest BCUT2D eigenvalue weighted by atomic mass is 19.1. The number of fused-ring (bicyclic) bond motifs is 1. The maximum atomic E-state index is 15.3. The molecule has 2 aliphatic rings. The minimum absolute atomic E-state index is 0.0525. The van der Waals surface area contributed by atoms with Crippen molar-refractivity contribution in [1.82, 2.24) is 40.0 Å². The van der Waals surface area contributed by atoms with Gasteiger partial charge in [0.15, 0.2) is 11.6 Å². The Balaban J connectivity index is 1.20. The predicted molar refractivity (Wildman–Crippen MR) is 182 cm³/mol. The number of aliphatic carboxylic acids is 1. The second-order valence-electron chi connectivity index (χ2n) is 13.0. The fourth-order valence-electron chi connectivity index (χ4n) is 7.08. The summed E-state index contributed by atoms with van der Waals surface area (Å²) in [7, 11) is 0. The van der Waals surface area contributed by atoms with Gasteiger partial charge >= 0.3 is 5.97 Å². The third-order valence-corrected chi connectivity index (χ3v) is 9.66. The van der Waals surface area contributed by atoms with Crippen LogP contribution in [0.2, 0.25) is 0 Å². The summed E-state index contributed by atoms with van der Waals surface area (Å²) >= 11 is 0. The number of aryl methyl sites for hydroxylation is 1. The monoisotopic (exact) mass is 661 g/mol. The number of halogens is 2. The number of carbonyl (C=O) groups is 1.